The first-order chi connectivity index (χ1) is 15.5. The minimum absolute atomic E-state index is 0.0799. The van der Waals surface area contributed by atoms with E-state index in [0.717, 1.165) is 17.7 Å². The molecular weight excluding hydrogens is 490 g/mol. The molecule has 2 amide bonds. The molecule has 1 aliphatic heterocycles. The van der Waals surface area contributed by atoms with Crippen molar-refractivity contribution in [3.8, 4) is 0 Å². The standard InChI is InChI=1S/C20H17ClF4N2O2.H3NO2S/c21-16-11-14(5-6-17(16)22)26-19(28)27(12-20(23,24)25)18-4-2-1-3-15(18)13-7-9-29-10-8-13;1-4(2)3/h1-7,11H,8-10,12H2,(H,26,28);1H2,(H,2,3)/p-1. The van der Waals surface area contributed by atoms with Gasteiger partial charge in [-0.05, 0) is 36.3 Å². The summed E-state index contributed by atoms with van der Waals surface area (Å²) in [5.74, 6) is -0.700. The highest BCUT2D eigenvalue weighted by Crippen LogP contribution is 2.33. The lowest BCUT2D eigenvalue weighted by atomic mass is 9.99. The second-order valence-electron chi connectivity index (χ2n) is 6.59. The van der Waals surface area contributed by atoms with Gasteiger partial charge in [-0.3, -0.25) is 14.2 Å². The van der Waals surface area contributed by atoms with Gasteiger partial charge in [-0.15, -0.1) is 0 Å². The van der Waals surface area contributed by atoms with Gasteiger partial charge < -0.3 is 14.6 Å². The summed E-state index contributed by atoms with van der Waals surface area (Å²) in [5.41, 5.74) is 1.52. The third kappa shape index (κ3) is 8.74. The predicted octanol–water partition coefficient (Wildman–Crippen LogP) is 4.62. The SMILES string of the molecule is NS(=O)[O-].O=C(Nc1ccc(F)c(Cl)c1)N(CC(F)(F)F)c1ccccc1C1=CCOCC1. The van der Waals surface area contributed by atoms with Crippen LogP contribution in [0.25, 0.3) is 5.57 Å². The van der Waals surface area contributed by atoms with Crippen LogP contribution in [0.1, 0.15) is 12.0 Å². The maximum atomic E-state index is 13.3. The van der Waals surface area contributed by atoms with Crippen molar-refractivity contribution in [2.24, 2.45) is 5.14 Å². The van der Waals surface area contributed by atoms with E-state index < -0.39 is 35.8 Å². The molecule has 33 heavy (non-hydrogen) atoms. The summed E-state index contributed by atoms with van der Waals surface area (Å²) in [7, 11) is 0. The van der Waals surface area contributed by atoms with E-state index in [1.165, 1.54) is 12.1 Å². The van der Waals surface area contributed by atoms with Crippen molar-refractivity contribution >= 4 is 45.8 Å². The molecule has 0 fully saturated rings. The van der Waals surface area contributed by atoms with Crippen molar-refractivity contribution in [3.05, 3.63) is 64.9 Å². The molecule has 0 aliphatic carbocycles. The first kappa shape index (κ1) is 26.7. The molecule has 0 saturated carbocycles. The van der Waals surface area contributed by atoms with Gasteiger partial charge in [-0.25, -0.2) is 9.18 Å². The molecule has 3 N–H and O–H groups in total. The van der Waals surface area contributed by atoms with Crippen molar-refractivity contribution in [1.82, 2.24) is 0 Å². The van der Waals surface area contributed by atoms with Crippen LogP contribution in [-0.4, -0.2) is 40.7 Å². The van der Waals surface area contributed by atoms with E-state index in [0.29, 0.717) is 30.1 Å². The molecule has 0 saturated heterocycles. The molecule has 1 atom stereocenters. The van der Waals surface area contributed by atoms with Crippen molar-refractivity contribution < 1.29 is 35.9 Å². The highest BCUT2D eigenvalue weighted by Gasteiger charge is 2.35. The van der Waals surface area contributed by atoms with Crippen LogP contribution in [0.5, 0.6) is 0 Å². The van der Waals surface area contributed by atoms with Crippen LogP contribution in [0.3, 0.4) is 0 Å². The Kier molecular flexibility index (Phi) is 9.80. The predicted molar refractivity (Wildman–Crippen MR) is 117 cm³/mol. The Morgan fingerprint density at radius 2 is 1.94 bits per heavy atom. The van der Waals surface area contributed by atoms with Crippen molar-refractivity contribution in [3.63, 3.8) is 0 Å². The zero-order chi connectivity index (χ0) is 24.6. The lowest BCUT2D eigenvalue weighted by Gasteiger charge is -2.28. The Labute approximate surface area is 194 Å². The molecule has 1 unspecified atom stereocenters. The topological polar surface area (TPSA) is 108 Å². The van der Waals surface area contributed by atoms with E-state index in [4.69, 9.17) is 25.1 Å². The zero-order valence-corrected chi connectivity index (χ0v) is 18.5. The van der Waals surface area contributed by atoms with Crippen LogP contribution in [0.15, 0.2) is 48.5 Å². The number of urea groups is 1. The van der Waals surface area contributed by atoms with Gasteiger partial charge in [0.15, 0.2) is 0 Å². The molecule has 0 aromatic heterocycles. The molecule has 0 radical (unpaired) electrons. The number of alkyl halides is 3. The number of benzene rings is 2. The Balaban J connectivity index is 0.000000890. The second kappa shape index (κ2) is 12.1. The van der Waals surface area contributed by atoms with Gasteiger partial charge in [0.2, 0.25) is 0 Å². The molecule has 2 aromatic rings. The van der Waals surface area contributed by atoms with Crippen molar-refractivity contribution in [1.29, 1.82) is 0 Å². The number of carbonyl (C=O) groups is 1. The third-order valence-corrected chi connectivity index (χ3v) is 4.55. The number of amides is 2. The van der Waals surface area contributed by atoms with Gasteiger partial charge >= 0.3 is 12.2 Å². The summed E-state index contributed by atoms with van der Waals surface area (Å²) in [6.45, 7) is -0.697. The number of hydrogen-bond donors (Lipinski definition) is 2. The zero-order valence-electron chi connectivity index (χ0n) is 16.9. The smallest absolute Gasteiger partial charge is 0.406 e. The van der Waals surface area contributed by atoms with Gasteiger partial charge in [0.1, 0.15) is 12.4 Å². The number of halogens is 5. The van der Waals surface area contributed by atoms with E-state index >= 15 is 0 Å². The van der Waals surface area contributed by atoms with E-state index in [1.54, 1.807) is 24.3 Å². The van der Waals surface area contributed by atoms with Gasteiger partial charge in [-0.2, -0.15) is 13.2 Å². The fourth-order valence-corrected chi connectivity index (χ4v) is 3.14. The number of para-hydroxylation sites is 1. The lowest BCUT2D eigenvalue weighted by Crippen LogP contribution is -2.42. The van der Waals surface area contributed by atoms with Crippen molar-refractivity contribution in [2.45, 2.75) is 12.6 Å². The molecule has 0 bridgehead atoms. The fourth-order valence-electron chi connectivity index (χ4n) is 2.96. The third-order valence-electron chi connectivity index (χ3n) is 4.26. The van der Waals surface area contributed by atoms with E-state index in [2.05, 4.69) is 10.5 Å². The minimum Gasteiger partial charge on any atom is -0.760 e. The monoisotopic (exact) mass is 508 g/mol. The number of nitrogens with one attached hydrogen (secondary N) is 1. The Morgan fingerprint density at radius 3 is 2.52 bits per heavy atom. The summed E-state index contributed by atoms with van der Waals surface area (Å²) in [6, 6.07) is 8.73. The number of nitrogens with zero attached hydrogens (tertiary/aromatic N) is 1. The fraction of sp³-hybridized carbons (Fsp3) is 0.250. The number of carbonyl (C=O) groups excluding carboxylic acids is 1. The number of hydrogen-bond acceptors (Lipinski definition) is 4. The maximum absolute atomic E-state index is 13.3. The average molecular weight is 509 g/mol. The van der Waals surface area contributed by atoms with Crippen molar-refractivity contribution in [2.75, 3.05) is 30.0 Å². The molecule has 180 valence electrons. The molecule has 1 heterocycles. The molecular formula is C20H19ClF4N3O4S-. The Morgan fingerprint density at radius 1 is 1.27 bits per heavy atom. The van der Waals surface area contributed by atoms with Crippen LogP contribution in [0, 0.1) is 5.82 Å². The lowest BCUT2D eigenvalue weighted by molar-refractivity contribution is -0.118. The molecule has 0 spiro atoms. The largest absolute Gasteiger partial charge is 0.760 e. The molecule has 3 rings (SSSR count). The quantitative estimate of drug-likeness (QED) is 0.464. The summed E-state index contributed by atoms with van der Waals surface area (Å²) in [6.07, 6.45) is -2.33. The van der Waals surface area contributed by atoms with Gasteiger partial charge in [0.05, 0.1) is 23.9 Å². The van der Waals surface area contributed by atoms with Crippen LogP contribution >= 0.6 is 11.6 Å². The first-order valence-corrected chi connectivity index (χ1v) is 10.8. The summed E-state index contributed by atoms with van der Waals surface area (Å²) in [5, 5.41) is 6.13. The molecule has 13 heteroatoms. The minimum atomic E-state index is -4.63. The number of ether oxygens (including phenoxy) is 1. The Bertz CT molecular complexity index is 1030. The van der Waals surface area contributed by atoms with E-state index in [9.17, 15) is 22.4 Å². The average Bonchev–Trinajstić information content (AvgIpc) is 2.74. The van der Waals surface area contributed by atoms with E-state index in [1.807, 2.05) is 0 Å². The summed E-state index contributed by atoms with van der Waals surface area (Å²) in [4.78, 5) is 13.4. The van der Waals surface area contributed by atoms with Crippen LogP contribution in [0.4, 0.5) is 33.7 Å². The molecule has 2 aromatic carbocycles. The van der Waals surface area contributed by atoms with Crippen LogP contribution in [-0.2, 0) is 16.0 Å². The first-order valence-electron chi connectivity index (χ1n) is 9.28. The Hall–Kier alpha value is -2.51. The summed E-state index contributed by atoms with van der Waals surface area (Å²) >= 11 is 3.33. The molecule has 1 aliphatic rings. The number of rotatable bonds is 4. The maximum Gasteiger partial charge on any atom is 0.406 e. The van der Waals surface area contributed by atoms with Crippen LogP contribution in [0.2, 0.25) is 5.02 Å². The normalized spacial score (nSPS) is 14.5. The number of anilines is 2. The van der Waals surface area contributed by atoms with Gasteiger partial charge in [-0.1, -0.05) is 35.9 Å². The second-order valence-corrected chi connectivity index (χ2v) is 7.52. The highest BCUT2D eigenvalue weighted by molar-refractivity contribution is 7.76. The van der Waals surface area contributed by atoms with Crippen LogP contribution < -0.4 is 15.4 Å². The van der Waals surface area contributed by atoms with Gasteiger partial charge in [0, 0.05) is 22.5 Å². The molecule has 7 nitrogen and oxygen atoms in total. The van der Waals surface area contributed by atoms with Gasteiger partial charge in [0.25, 0.3) is 0 Å². The van der Waals surface area contributed by atoms with E-state index in [-0.39, 0.29) is 16.4 Å². The highest BCUT2D eigenvalue weighted by atomic mass is 35.5. The number of nitrogens with two attached hydrogens (primary N) is 1. The summed E-state index contributed by atoms with van der Waals surface area (Å²) < 4.78 is 75.9.